The number of imidazole rings is 1. The number of nitrogens with zero attached hydrogens (tertiary/aromatic N) is 3. The van der Waals surface area contributed by atoms with Crippen LogP contribution in [-0.2, 0) is 42.7 Å². The first-order chi connectivity index (χ1) is 43.4. The number of aromatic nitrogens is 3. The van der Waals surface area contributed by atoms with Gasteiger partial charge in [0, 0.05) is 75.5 Å². The van der Waals surface area contributed by atoms with Gasteiger partial charge in [0.25, 0.3) is 0 Å². The molecule has 9 rings (SSSR count). The maximum absolute atomic E-state index is 13.1. The summed E-state index contributed by atoms with van der Waals surface area (Å²) in [6.45, 7) is -29.9. The average molecular weight is 1110 g/mol. The SMILES string of the molecule is [2H]C([2H])([2H])C(c1ccc(-c2ccnc(-c3[c-]c(-c4cccc5c4nc(-c4cc(C(C([2H])([2H])[2H])(C([2H])([2H])[2H])C([2H])([2H])[2H])cc(C(C([2H])([2H])[2H])(C([2H])([2H])[2H])C([2H])([2H])[2H])c4O)n5-c4ccc(-c5ccccc5)cc4C(C)(C)C)cc(-c4ccccc4)c3)c2)cc1)(C([2H])([2H])[2H])C([2H])([2H])[2H].[Pt]. The Morgan fingerprint density at radius 1 is 0.493 bits per heavy atom. The molecule has 0 saturated heterocycles. The molecule has 7 aromatic carbocycles. The van der Waals surface area contributed by atoms with E-state index < -0.39 is 117 Å². The zero-order valence-electron chi connectivity index (χ0n) is 64.7. The van der Waals surface area contributed by atoms with Gasteiger partial charge in [-0.25, -0.2) is 4.98 Å². The summed E-state index contributed by atoms with van der Waals surface area (Å²) in [5, 5.41) is 13.1. The van der Waals surface area contributed by atoms with Gasteiger partial charge in [-0.3, -0.25) is 9.55 Å². The van der Waals surface area contributed by atoms with E-state index in [0.717, 1.165) is 17.7 Å². The third-order valence-electron chi connectivity index (χ3n) is 12.0. The van der Waals surface area contributed by atoms with Gasteiger partial charge >= 0.3 is 0 Å². The van der Waals surface area contributed by atoms with Crippen LogP contribution in [-0.4, -0.2) is 19.6 Å². The molecule has 2 heterocycles. The number of pyridine rings is 1. The molecule has 9 aromatic rings. The van der Waals surface area contributed by atoms with Crippen LogP contribution in [0.2, 0.25) is 0 Å². The maximum atomic E-state index is 13.1. The molecule has 0 amide bonds. The van der Waals surface area contributed by atoms with Gasteiger partial charge in [-0.2, -0.15) is 0 Å². The molecule has 0 bridgehead atoms. The molecule has 0 aliphatic carbocycles. The Hall–Kier alpha value is -6.35. The third-order valence-corrected chi connectivity index (χ3v) is 12.0. The standard InChI is InChI=1S/C64H64N3O.Pt/c1-61(2,3)49-29-26-43(27-30-49)45-32-33-65-55(38-45)48-35-46(42-22-17-14-18-23-42)34-47(36-48)51-24-19-25-57-58(51)66-60(52-39-50(62(4,5)6)40-54(59(52)68)64(10,11)12)67(57)56-31-28-44(37-53(56)63(7,8)9)41-20-15-13-16-21-41;/h13-35,37-40,68H,1-12H3;/q-1;/i1D3,2D3,3D3,4D3,5D3,6D3,10D3,11D3,12D3;. The largest absolute Gasteiger partial charge is 0.507 e. The minimum atomic E-state index is -4.22. The van der Waals surface area contributed by atoms with Crippen molar-refractivity contribution >= 4 is 11.0 Å². The van der Waals surface area contributed by atoms with Crippen LogP contribution in [0.15, 0.2) is 164 Å². The normalized spacial score (nSPS) is 19.7. The number of fused-ring (bicyclic) bond motifs is 1. The Morgan fingerprint density at radius 3 is 1.74 bits per heavy atom. The molecule has 0 spiro atoms. The molecule has 5 heteroatoms. The third kappa shape index (κ3) is 9.93. The second kappa shape index (κ2) is 18.5. The Balaban J connectivity index is 0.0000118. The van der Waals surface area contributed by atoms with E-state index in [9.17, 15) is 5.11 Å². The van der Waals surface area contributed by atoms with Crippen molar-refractivity contribution in [2.24, 2.45) is 0 Å². The van der Waals surface area contributed by atoms with Crippen LogP contribution in [0, 0.1) is 6.07 Å². The van der Waals surface area contributed by atoms with Gasteiger partial charge in [0.15, 0.2) is 0 Å². The number of aromatic hydroxyl groups is 1. The molecule has 69 heavy (non-hydrogen) atoms. The number of phenolic OH excluding ortho intramolecular Hbond substituents is 1. The van der Waals surface area contributed by atoms with Crippen molar-refractivity contribution in [2.75, 3.05) is 0 Å². The quantitative estimate of drug-likeness (QED) is 0.162. The van der Waals surface area contributed by atoms with Crippen molar-refractivity contribution < 1.29 is 63.2 Å². The van der Waals surface area contributed by atoms with Gasteiger partial charge in [0.05, 0.1) is 22.3 Å². The van der Waals surface area contributed by atoms with E-state index in [0.29, 0.717) is 50.6 Å². The molecule has 0 radical (unpaired) electrons. The smallest absolute Gasteiger partial charge is 0.148 e. The summed E-state index contributed by atoms with van der Waals surface area (Å²) in [5.41, 5.74) is -10.8. The van der Waals surface area contributed by atoms with Crippen LogP contribution in [0.1, 0.15) is 142 Å². The predicted molar refractivity (Wildman–Crippen MR) is 287 cm³/mol. The van der Waals surface area contributed by atoms with E-state index in [-0.39, 0.29) is 55.1 Å². The molecule has 0 unspecified atom stereocenters. The fraction of sp³-hybridized carbons (Fsp3) is 0.250. The zero-order chi connectivity index (χ0) is 70.8. The van der Waals surface area contributed by atoms with Crippen molar-refractivity contribution in [1.29, 1.82) is 0 Å². The summed E-state index contributed by atoms with van der Waals surface area (Å²) in [5.74, 6) is -1.94. The number of hydrogen-bond acceptors (Lipinski definition) is 3. The molecule has 4 nitrogen and oxygen atoms in total. The van der Waals surface area contributed by atoms with Crippen molar-refractivity contribution in [2.45, 2.75) is 104 Å². The van der Waals surface area contributed by atoms with Crippen molar-refractivity contribution in [1.82, 2.24) is 14.5 Å². The molecular weight excluding hydrogens is 1020 g/mol. The first kappa shape index (κ1) is 25.5. The van der Waals surface area contributed by atoms with Crippen LogP contribution >= 0.6 is 0 Å². The zero-order valence-corrected chi connectivity index (χ0v) is 40.0. The summed E-state index contributed by atoms with van der Waals surface area (Å²) in [7, 11) is 0. The van der Waals surface area contributed by atoms with Crippen LogP contribution in [0.4, 0.5) is 0 Å². The van der Waals surface area contributed by atoms with E-state index in [1.165, 1.54) is 22.9 Å². The van der Waals surface area contributed by atoms with Gasteiger partial charge < -0.3 is 5.11 Å². The molecule has 0 aliphatic rings. The fourth-order valence-electron chi connectivity index (χ4n) is 8.51. The van der Waals surface area contributed by atoms with Gasteiger partial charge in [0.2, 0.25) is 0 Å². The summed E-state index contributed by atoms with van der Waals surface area (Å²) in [4.78, 5) is 9.87. The Kier molecular flexibility index (Phi) is 6.84. The first-order valence-electron chi connectivity index (χ1n) is 35.2. The molecule has 0 saturated carbocycles. The minimum absolute atomic E-state index is 0. The molecule has 2 aromatic heterocycles. The van der Waals surface area contributed by atoms with Crippen LogP contribution in [0.5, 0.6) is 5.75 Å². The van der Waals surface area contributed by atoms with Crippen LogP contribution < -0.4 is 0 Å². The molecule has 0 aliphatic heterocycles. The monoisotopic (exact) mass is 1110 g/mol. The number of hydrogen-bond donors (Lipinski definition) is 1. The Morgan fingerprint density at radius 2 is 1.09 bits per heavy atom. The fourth-order valence-corrected chi connectivity index (χ4v) is 8.51. The van der Waals surface area contributed by atoms with Crippen molar-refractivity contribution in [3.63, 3.8) is 0 Å². The van der Waals surface area contributed by atoms with Crippen LogP contribution in [0.25, 0.3) is 83.9 Å². The second-order valence-corrected chi connectivity index (χ2v) is 18.0. The minimum Gasteiger partial charge on any atom is -0.507 e. The number of para-hydroxylation sites is 1. The van der Waals surface area contributed by atoms with Crippen molar-refractivity contribution in [3.05, 3.63) is 192 Å². The molecule has 352 valence electrons. The molecule has 1 N–H and O–H groups in total. The molecule has 0 fully saturated rings. The average Bonchev–Trinajstić information content (AvgIpc) is 0.806. The summed E-state index contributed by atoms with van der Waals surface area (Å²) in [6, 6.07) is 44.8. The van der Waals surface area contributed by atoms with Crippen LogP contribution in [0.3, 0.4) is 0 Å². The molecular formula is C64H64N3OPt-. The topological polar surface area (TPSA) is 50.9 Å². The summed E-state index contributed by atoms with van der Waals surface area (Å²) >= 11 is 0. The number of phenols is 1. The van der Waals surface area contributed by atoms with Gasteiger partial charge in [0.1, 0.15) is 11.6 Å². The van der Waals surface area contributed by atoms with Gasteiger partial charge in [-0.15, -0.1) is 23.8 Å². The maximum Gasteiger partial charge on any atom is 0.148 e. The number of benzene rings is 7. The van der Waals surface area contributed by atoms with E-state index in [1.807, 2.05) is 69.3 Å². The second-order valence-electron chi connectivity index (χ2n) is 18.0. The van der Waals surface area contributed by atoms with Crippen molar-refractivity contribution in [3.8, 4) is 78.6 Å². The summed E-state index contributed by atoms with van der Waals surface area (Å²) < 4.78 is 234. The first-order valence-corrected chi connectivity index (χ1v) is 21.7. The Labute approximate surface area is 462 Å². The van der Waals surface area contributed by atoms with Gasteiger partial charge in [-0.1, -0.05) is 214 Å². The van der Waals surface area contributed by atoms with E-state index in [2.05, 4.69) is 6.07 Å². The summed E-state index contributed by atoms with van der Waals surface area (Å²) in [6.07, 6.45) is 1.47. The number of rotatable bonds is 7. The van der Waals surface area contributed by atoms with E-state index >= 15 is 0 Å². The Bertz CT molecular complexity index is 4230. The van der Waals surface area contributed by atoms with Gasteiger partial charge in [-0.05, 0) is 96.5 Å². The van der Waals surface area contributed by atoms with E-state index in [4.69, 9.17) is 47.0 Å². The molecule has 0 atom stereocenters. The van der Waals surface area contributed by atoms with E-state index in [1.54, 1.807) is 72.8 Å². The predicted octanol–water partition coefficient (Wildman–Crippen LogP) is 17.1.